The van der Waals surface area contributed by atoms with Crippen LogP contribution in [0.3, 0.4) is 0 Å². The van der Waals surface area contributed by atoms with Crippen LogP contribution in [0.25, 0.3) is 6.08 Å². The zero-order valence-corrected chi connectivity index (χ0v) is 16.8. The van der Waals surface area contributed by atoms with Crippen LogP contribution in [0.4, 0.5) is 0 Å². The second-order valence-electron chi connectivity index (χ2n) is 6.00. The molecule has 0 bridgehead atoms. The Balaban J connectivity index is 1.89. The molecule has 0 fully saturated rings. The van der Waals surface area contributed by atoms with Gasteiger partial charge < -0.3 is 24.3 Å². The Morgan fingerprint density at radius 3 is 2.43 bits per heavy atom. The van der Waals surface area contributed by atoms with Gasteiger partial charge in [0, 0.05) is 18.2 Å². The van der Waals surface area contributed by atoms with Crippen LogP contribution in [0.1, 0.15) is 17.5 Å². The number of nitrogens with one attached hydrogen (secondary N) is 1. The van der Waals surface area contributed by atoms with Crippen LogP contribution < -0.4 is 24.3 Å². The molecule has 0 aliphatic carbocycles. The Labute approximate surface area is 166 Å². The highest BCUT2D eigenvalue weighted by atomic mass is 16.5. The van der Waals surface area contributed by atoms with Gasteiger partial charge in [-0.15, -0.1) is 0 Å². The highest BCUT2D eigenvalue weighted by Crippen LogP contribution is 2.40. The number of amides is 1. The van der Waals surface area contributed by atoms with Crippen molar-refractivity contribution >= 4 is 12.0 Å². The molecule has 1 N–H and O–H groups in total. The third-order valence-electron chi connectivity index (χ3n) is 4.22. The Morgan fingerprint density at radius 1 is 0.964 bits per heavy atom. The van der Waals surface area contributed by atoms with E-state index in [-0.39, 0.29) is 5.91 Å². The van der Waals surface area contributed by atoms with Crippen molar-refractivity contribution in [1.29, 1.82) is 0 Å². The highest BCUT2D eigenvalue weighted by molar-refractivity contribution is 5.92. The van der Waals surface area contributed by atoms with E-state index in [4.69, 9.17) is 18.9 Å². The van der Waals surface area contributed by atoms with Crippen molar-refractivity contribution in [3.63, 3.8) is 0 Å². The lowest BCUT2D eigenvalue weighted by Crippen LogP contribution is -2.22. The summed E-state index contributed by atoms with van der Waals surface area (Å²) < 4.78 is 21.2. The van der Waals surface area contributed by atoms with Crippen LogP contribution in [0.5, 0.6) is 23.0 Å². The van der Waals surface area contributed by atoms with Crippen molar-refractivity contribution in [3.8, 4) is 23.0 Å². The maximum absolute atomic E-state index is 12.1. The van der Waals surface area contributed by atoms with E-state index < -0.39 is 0 Å². The van der Waals surface area contributed by atoms with Gasteiger partial charge in [0.2, 0.25) is 11.7 Å². The first-order valence-corrected chi connectivity index (χ1v) is 9.00. The maximum atomic E-state index is 12.1. The number of hydrogen-bond donors (Lipinski definition) is 1. The summed E-state index contributed by atoms with van der Waals surface area (Å²) in [7, 11) is 6.31. The molecular formula is C22H27NO5. The van der Waals surface area contributed by atoms with E-state index in [0.29, 0.717) is 23.8 Å². The van der Waals surface area contributed by atoms with E-state index in [1.165, 1.54) is 11.6 Å². The molecule has 1 amide bonds. The van der Waals surface area contributed by atoms with Crippen molar-refractivity contribution in [2.75, 3.05) is 35.0 Å². The molecule has 6 heteroatoms. The van der Waals surface area contributed by atoms with Crippen LogP contribution in [0, 0.1) is 0 Å². The van der Waals surface area contributed by atoms with Gasteiger partial charge >= 0.3 is 0 Å². The van der Waals surface area contributed by atoms with Crippen molar-refractivity contribution in [2.24, 2.45) is 0 Å². The Kier molecular flexibility index (Phi) is 8.21. The van der Waals surface area contributed by atoms with Crippen LogP contribution in [0.15, 0.2) is 42.5 Å². The summed E-state index contributed by atoms with van der Waals surface area (Å²) in [6.45, 7) is 0.587. The average Bonchev–Trinajstić information content (AvgIpc) is 2.74. The van der Waals surface area contributed by atoms with Gasteiger partial charge in [-0.25, -0.2) is 0 Å². The number of rotatable bonds is 10. The van der Waals surface area contributed by atoms with Crippen LogP contribution >= 0.6 is 0 Å². The molecule has 28 heavy (non-hydrogen) atoms. The third-order valence-corrected chi connectivity index (χ3v) is 4.22. The second-order valence-corrected chi connectivity index (χ2v) is 6.00. The molecule has 0 unspecified atom stereocenters. The van der Waals surface area contributed by atoms with Gasteiger partial charge in [0.15, 0.2) is 11.5 Å². The van der Waals surface area contributed by atoms with Gasteiger partial charge in [0.25, 0.3) is 0 Å². The standard InChI is InChI=1S/C22H27NO5/c1-25-18-9-5-7-16(15-18)8-6-14-23-20(24)13-11-17-10-12-19(26-2)22(28-4)21(17)27-3/h5,7,9-13,15H,6,8,14H2,1-4H3,(H,23,24)/b13-11+. The molecule has 0 aliphatic rings. The Bertz CT molecular complexity index is 817. The van der Waals surface area contributed by atoms with Gasteiger partial charge in [-0.05, 0) is 48.7 Å². The Morgan fingerprint density at radius 2 is 1.75 bits per heavy atom. The quantitative estimate of drug-likeness (QED) is 0.501. The maximum Gasteiger partial charge on any atom is 0.244 e. The Hall–Kier alpha value is -3.15. The van der Waals surface area contributed by atoms with E-state index in [2.05, 4.69) is 5.32 Å². The van der Waals surface area contributed by atoms with E-state index >= 15 is 0 Å². The first kappa shape index (κ1) is 21.2. The second kappa shape index (κ2) is 10.9. The number of carbonyl (C=O) groups is 1. The molecule has 0 saturated heterocycles. The first-order valence-electron chi connectivity index (χ1n) is 9.00. The molecule has 2 aromatic carbocycles. The first-order chi connectivity index (χ1) is 13.6. The fourth-order valence-electron chi connectivity index (χ4n) is 2.81. The fourth-order valence-corrected chi connectivity index (χ4v) is 2.81. The molecule has 2 aromatic rings. The minimum Gasteiger partial charge on any atom is -0.497 e. The number of hydrogen-bond acceptors (Lipinski definition) is 5. The fraction of sp³-hybridized carbons (Fsp3) is 0.318. The summed E-state index contributed by atoms with van der Waals surface area (Å²) in [6, 6.07) is 11.5. The molecule has 2 rings (SSSR count). The van der Waals surface area contributed by atoms with Crippen LogP contribution in [-0.2, 0) is 11.2 Å². The minimum absolute atomic E-state index is 0.164. The van der Waals surface area contributed by atoms with E-state index in [1.54, 1.807) is 40.6 Å². The average molecular weight is 385 g/mol. The van der Waals surface area contributed by atoms with Gasteiger partial charge in [-0.2, -0.15) is 0 Å². The van der Waals surface area contributed by atoms with Crippen molar-refractivity contribution < 1.29 is 23.7 Å². The molecule has 0 spiro atoms. The smallest absolute Gasteiger partial charge is 0.244 e. The van der Waals surface area contributed by atoms with Crippen molar-refractivity contribution in [3.05, 3.63) is 53.6 Å². The lowest BCUT2D eigenvalue weighted by molar-refractivity contribution is -0.116. The molecular weight excluding hydrogens is 358 g/mol. The highest BCUT2D eigenvalue weighted by Gasteiger charge is 2.14. The predicted octanol–water partition coefficient (Wildman–Crippen LogP) is 3.48. The van der Waals surface area contributed by atoms with Gasteiger partial charge in [0.05, 0.1) is 28.4 Å². The predicted molar refractivity (Wildman–Crippen MR) is 109 cm³/mol. The van der Waals surface area contributed by atoms with E-state index in [1.807, 2.05) is 30.3 Å². The summed E-state index contributed by atoms with van der Waals surface area (Å²) in [5, 5.41) is 2.89. The number of ether oxygens (including phenoxy) is 4. The number of aryl methyl sites for hydroxylation is 1. The molecule has 0 radical (unpaired) electrons. The van der Waals surface area contributed by atoms with Gasteiger partial charge in [-0.1, -0.05) is 12.1 Å². The summed E-state index contributed by atoms with van der Waals surface area (Å²) in [4.78, 5) is 12.1. The zero-order valence-electron chi connectivity index (χ0n) is 16.8. The number of carbonyl (C=O) groups excluding carboxylic acids is 1. The molecule has 0 aromatic heterocycles. The lowest BCUT2D eigenvalue weighted by atomic mass is 10.1. The lowest BCUT2D eigenvalue weighted by Gasteiger charge is -2.13. The van der Waals surface area contributed by atoms with Crippen LogP contribution in [0.2, 0.25) is 0 Å². The van der Waals surface area contributed by atoms with Crippen LogP contribution in [-0.4, -0.2) is 40.9 Å². The largest absolute Gasteiger partial charge is 0.497 e. The minimum atomic E-state index is -0.164. The molecule has 0 saturated carbocycles. The molecule has 6 nitrogen and oxygen atoms in total. The van der Waals surface area contributed by atoms with Gasteiger partial charge in [-0.3, -0.25) is 4.79 Å². The normalized spacial score (nSPS) is 10.6. The van der Waals surface area contributed by atoms with E-state index in [9.17, 15) is 4.79 Å². The number of methoxy groups -OCH3 is 4. The molecule has 150 valence electrons. The third kappa shape index (κ3) is 5.67. The molecule has 0 aliphatic heterocycles. The number of benzene rings is 2. The summed E-state index contributed by atoms with van der Waals surface area (Å²) >= 11 is 0. The summed E-state index contributed by atoms with van der Waals surface area (Å²) in [6.07, 6.45) is 4.88. The van der Waals surface area contributed by atoms with Crippen molar-refractivity contribution in [2.45, 2.75) is 12.8 Å². The zero-order chi connectivity index (χ0) is 20.4. The summed E-state index contributed by atoms with van der Waals surface area (Å²) in [5.74, 6) is 2.25. The van der Waals surface area contributed by atoms with E-state index in [0.717, 1.165) is 24.2 Å². The molecule has 0 atom stereocenters. The SMILES string of the molecule is COc1cccc(CCCNC(=O)/C=C/c2ccc(OC)c(OC)c2OC)c1. The summed E-state index contributed by atoms with van der Waals surface area (Å²) in [5.41, 5.74) is 1.91. The molecule has 0 heterocycles. The van der Waals surface area contributed by atoms with Crippen molar-refractivity contribution in [1.82, 2.24) is 5.32 Å². The van der Waals surface area contributed by atoms with Gasteiger partial charge in [0.1, 0.15) is 5.75 Å². The monoisotopic (exact) mass is 385 g/mol. The topological polar surface area (TPSA) is 66.0 Å².